The summed E-state index contributed by atoms with van der Waals surface area (Å²) in [5, 5.41) is 4.99. The number of carbonyl (C=O) groups excluding carboxylic acids is 2. The predicted octanol–water partition coefficient (Wildman–Crippen LogP) is 0.00440. The van der Waals surface area contributed by atoms with E-state index in [0.717, 1.165) is 6.42 Å². The fraction of sp³-hybridized carbons (Fsp3) is 0.467. The van der Waals surface area contributed by atoms with Crippen LogP contribution in [0.15, 0.2) is 29.2 Å². The number of nitrogens with one attached hydrogen (secondary N) is 3. The molecule has 0 aliphatic heterocycles. The largest absolute Gasteiger partial charge is 0.497 e. The van der Waals surface area contributed by atoms with Gasteiger partial charge in [0.2, 0.25) is 21.8 Å². The molecule has 0 fully saturated rings. The molecule has 1 aromatic carbocycles. The first-order valence-corrected chi connectivity index (χ1v) is 8.99. The van der Waals surface area contributed by atoms with Crippen LogP contribution >= 0.6 is 0 Å². The third-order valence-electron chi connectivity index (χ3n) is 3.09. The highest BCUT2D eigenvalue weighted by atomic mass is 32.2. The quantitative estimate of drug-likeness (QED) is 0.576. The average molecular weight is 357 g/mol. The molecule has 0 saturated carbocycles. The molecule has 134 valence electrons. The van der Waals surface area contributed by atoms with Crippen LogP contribution in [-0.2, 0) is 19.6 Å². The van der Waals surface area contributed by atoms with Crippen molar-refractivity contribution in [2.45, 2.75) is 31.2 Å². The van der Waals surface area contributed by atoms with Crippen LogP contribution < -0.4 is 20.1 Å². The van der Waals surface area contributed by atoms with Crippen molar-refractivity contribution >= 4 is 21.8 Å². The van der Waals surface area contributed by atoms with E-state index in [1.807, 2.05) is 6.92 Å². The maximum Gasteiger partial charge on any atom is 0.241 e. The van der Waals surface area contributed by atoms with Crippen molar-refractivity contribution in [2.24, 2.45) is 0 Å². The van der Waals surface area contributed by atoms with Gasteiger partial charge in [-0.1, -0.05) is 6.92 Å². The number of methoxy groups -OCH3 is 1. The molecule has 1 rings (SSSR count). The van der Waals surface area contributed by atoms with E-state index < -0.39 is 22.0 Å². The molecular weight excluding hydrogens is 334 g/mol. The minimum atomic E-state index is -3.85. The number of rotatable bonds is 9. The highest BCUT2D eigenvalue weighted by molar-refractivity contribution is 7.89. The van der Waals surface area contributed by atoms with Crippen molar-refractivity contribution in [1.29, 1.82) is 0 Å². The second kappa shape index (κ2) is 9.24. The number of hydrogen-bond acceptors (Lipinski definition) is 5. The highest BCUT2D eigenvalue weighted by Gasteiger charge is 2.22. The van der Waals surface area contributed by atoms with Gasteiger partial charge >= 0.3 is 0 Å². The van der Waals surface area contributed by atoms with Crippen LogP contribution in [0.1, 0.15) is 20.3 Å². The molecule has 9 heteroatoms. The molecule has 2 amide bonds. The summed E-state index contributed by atoms with van der Waals surface area (Å²) in [6, 6.07) is 4.76. The van der Waals surface area contributed by atoms with E-state index >= 15 is 0 Å². The van der Waals surface area contributed by atoms with Crippen molar-refractivity contribution in [3.05, 3.63) is 24.3 Å². The van der Waals surface area contributed by atoms with Gasteiger partial charge < -0.3 is 15.4 Å². The molecule has 3 N–H and O–H groups in total. The monoisotopic (exact) mass is 357 g/mol. The topological polar surface area (TPSA) is 114 Å². The summed E-state index contributed by atoms with van der Waals surface area (Å²) >= 11 is 0. The Morgan fingerprint density at radius 3 is 2.33 bits per heavy atom. The Labute approximate surface area is 142 Å². The smallest absolute Gasteiger partial charge is 0.241 e. The molecule has 0 unspecified atom stereocenters. The first-order chi connectivity index (χ1) is 11.3. The van der Waals surface area contributed by atoms with E-state index in [0.29, 0.717) is 12.3 Å². The molecule has 0 heterocycles. The Bertz CT molecular complexity index is 658. The maximum absolute atomic E-state index is 12.2. The third-order valence-corrected chi connectivity index (χ3v) is 4.65. The average Bonchev–Trinajstić information content (AvgIpc) is 2.57. The van der Waals surface area contributed by atoms with Gasteiger partial charge in [0.25, 0.3) is 0 Å². The number of ether oxygens (including phenoxy) is 1. The van der Waals surface area contributed by atoms with Crippen molar-refractivity contribution in [2.75, 3.05) is 20.2 Å². The Balaban J connectivity index is 2.59. The highest BCUT2D eigenvalue weighted by Crippen LogP contribution is 2.15. The number of carbonyl (C=O) groups is 2. The minimum Gasteiger partial charge on any atom is -0.497 e. The van der Waals surface area contributed by atoms with E-state index in [9.17, 15) is 18.0 Å². The lowest BCUT2D eigenvalue weighted by Crippen LogP contribution is -2.47. The summed E-state index contributed by atoms with van der Waals surface area (Å²) in [7, 11) is -2.37. The number of amides is 2. The van der Waals surface area contributed by atoms with Gasteiger partial charge in [0.05, 0.1) is 24.6 Å². The first kappa shape index (κ1) is 19.9. The van der Waals surface area contributed by atoms with Crippen LogP contribution in [-0.4, -0.2) is 46.5 Å². The van der Waals surface area contributed by atoms with Crippen molar-refractivity contribution < 1.29 is 22.7 Å². The molecule has 1 aromatic rings. The normalized spacial score (nSPS) is 12.3. The van der Waals surface area contributed by atoms with Crippen LogP contribution in [0.2, 0.25) is 0 Å². The van der Waals surface area contributed by atoms with Crippen LogP contribution in [0.5, 0.6) is 5.75 Å². The van der Waals surface area contributed by atoms with Gasteiger partial charge in [0.1, 0.15) is 5.75 Å². The van der Waals surface area contributed by atoms with E-state index in [1.165, 1.54) is 38.3 Å². The summed E-state index contributed by atoms with van der Waals surface area (Å²) in [5.74, 6) is -0.382. The van der Waals surface area contributed by atoms with Crippen molar-refractivity contribution in [3.63, 3.8) is 0 Å². The van der Waals surface area contributed by atoms with Crippen molar-refractivity contribution in [1.82, 2.24) is 15.4 Å². The zero-order chi connectivity index (χ0) is 18.2. The summed E-state index contributed by atoms with van der Waals surface area (Å²) in [6.45, 7) is 3.64. The second-order valence-electron chi connectivity index (χ2n) is 5.09. The van der Waals surface area contributed by atoms with E-state index in [1.54, 1.807) is 0 Å². The predicted molar refractivity (Wildman–Crippen MR) is 89.1 cm³/mol. The van der Waals surface area contributed by atoms with Gasteiger partial charge in [-0.2, -0.15) is 4.72 Å². The molecule has 0 aliphatic carbocycles. The van der Waals surface area contributed by atoms with Crippen LogP contribution in [0.25, 0.3) is 0 Å². The van der Waals surface area contributed by atoms with Gasteiger partial charge in [0.15, 0.2) is 0 Å². The van der Waals surface area contributed by atoms with E-state index in [2.05, 4.69) is 15.4 Å². The summed E-state index contributed by atoms with van der Waals surface area (Å²) in [6.07, 6.45) is 0.789. The molecule has 0 bridgehead atoms. The second-order valence-corrected chi connectivity index (χ2v) is 6.80. The lowest BCUT2D eigenvalue weighted by atomic mass is 10.3. The third kappa shape index (κ3) is 6.17. The Morgan fingerprint density at radius 2 is 1.79 bits per heavy atom. The fourth-order valence-electron chi connectivity index (χ4n) is 1.76. The first-order valence-electron chi connectivity index (χ1n) is 7.51. The van der Waals surface area contributed by atoms with Crippen LogP contribution in [0.3, 0.4) is 0 Å². The van der Waals surface area contributed by atoms with E-state index in [-0.39, 0.29) is 17.3 Å². The number of hydrogen-bond donors (Lipinski definition) is 3. The van der Waals surface area contributed by atoms with Gasteiger partial charge in [-0.05, 0) is 37.6 Å². The lowest BCUT2D eigenvalue weighted by Gasteiger charge is -2.14. The van der Waals surface area contributed by atoms with Gasteiger partial charge in [0, 0.05) is 6.54 Å². The minimum absolute atomic E-state index is 0.0173. The molecule has 8 nitrogen and oxygen atoms in total. The summed E-state index contributed by atoms with van der Waals surface area (Å²) in [5.41, 5.74) is 0. The van der Waals surface area contributed by atoms with Gasteiger partial charge in [-0.3, -0.25) is 9.59 Å². The Hall–Kier alpha value is -2.13. The van der Waals surface area contributed by atoms with Gasteiger partial charge in [-0.15, -0.1) is 0 Å². The number of benzene rings is 1. The lowest BCUT2D eigenvalue weighted by molar-refractivity contribution is -0.126. The summed E-state index contributed by atoms with van der Waals surface area (Å²) < 4.78 is 31.7. The molecule has 0 radical (unpaired) electrons. The molecule has 0 saturated heterocycles. The zero-order valence-electron chi connectivity index (χ0n) is 14.0. The summed E-state index contributed by atoms with van der Waals surface area (Å²) in [4.78, 5) is 23.3. The Morgan fingerprint density at radius 1 is 1.17 bits per heavy atom. The molecule has 0 spiro atoms. The SMILES string of the molecule is CCCNC(=O)CNC(=O)[C@H](C)NS(=O)(=O)c1ccc(OC)cc1. The fourth-order valence-corrected chi connectivity index (χ4v) is 2.96. The molecule has 24 heavy (non-hydrogen) atoms. The van der Waals surface area contributed by atoms with E-state index in [4.69, 9.17) is 4.74 Å². The maximum atomic E-state index is 12.2. The molecule has 0 aliphatic rings. The van der Waals surface area contributed by atoms with Crippen LogP contribution in [0, 0.1) is 0 Å². The Kier molecular flexibility index (Phi) is 7.66. The van der Waals surface area contributed by atoms with Gasteiger partial charge in [-0.25, -0.2) is 8.42 Å². The van der Waals surface area contributed by atoms with Crippen molar-refractivity contribution in [3.8, 4) is 5.75 Å². The molecule has 1 atom stereocenters. The van der Waals surface area contributed by atoms with Crippen LogP contribution in [0.4, 0.5) is 0 Å². The zero-order valence-corrected chi connectivity index (χ0v) is 14.8. The molecule has 0 aromatic heterocycles. The standard InChI is InChI=1S/C15H23N3O5S/c1-4-9-16-14(19)10-17-15(20)11(2)18-24(21,22)13-7-5-12(23-3)6-8-13/h5-8,11,18H,4,9-10H2,1-3H3,(H,16,19)(H,17,20)/t11-/m0/s1. The molecular formula is C15H23N3O5S. The number of sulfonamides is 1.